The normalized spacial score (nSPS) is 18.8. The molecule has 1 aromatic rings. The van der Waals surface area contributed by atoms with Crippen molar-refractivity contribution in [3.8, 4) is 0 Å². The number of nitrogens with one attached hydrogen (secondary N) is 3. The number of ether oxygens (including phenoxy) is 1. The van der Waals surface area contributed by atoms with Gasteiger partial charge in [0.15, 0.2) is 0 Å². The van der Waals surface area contributed by atoms with Crippen molar-refractivity contribution in [1.82, 2.24) is 20.4 Å². The fourth-order valence-electron chi connectivity index (χ4n) is 2.26. The summed E-state index contributed by atoms with van der Waals surface area (Å²) in [6, 6.07) is 0.472. The maximum absolute atomic E-state index is 11.9. The number of rotatable bonds is 4. The van der Waals surface area contributed by atoms with Crippen molar-refractivity contribution in [2.24, 2.45) is 7.05 Å². The Labute approximate surface area is 125 Å². The average molecular weight is 295 g/mol. The molecule has 0 saturated carbocycles. The highest BCUT2D eigenvalue weighted by molar-refractivity contribution is 5.84. The van der Waals surface area contributed by atoms with E-state index in [1.807, 2.05) is 20.8 Å². The van der Waals surface area contributed by atoms with E-state index in [1.165, 1.54) is 0 Å². The number of anilines is 1. The Hall–Kier alpha value is -1.60. The predicted molar refractivity (Wildman–Crippen MR) is 81.2 cm³/mol. The highest BCUT2D eigenvalue weighted by Crippen LogP contribution is 2.16. The van der Waals surface area contributed by atoms with Crippen molar-refractivity contribution in [2.45, 2.75) is 45.4 Å². The van der Waals surface area contributed by atoms with E-state index in [9.17, 15) is 4.79 Å². The number of carbonyl (C=O) groups is 1. The molecule has 0 bridgehead atoms. The first-order chi connectivity index (χ1) is 9.85. The number of aryl methyl sites for hydroxylation is 1. The van der Waals surface area contributed by atoms with Crippen LogP contribution in [0, 0.1) is 0 Å². The molecule has 1 fully saturated rings. The summed E-state index contributed by atoms with van der Waals surface area (Å²) < 4.78 is 6.92. The van der Waals surface area contributed by atoms with E-state index in [4.69, 9.17) is 4.74 Å². The third-order valence-corrected chi connectivity index (χ3v) is 3.28. The minimum absolute atomic E-state index is 0.463. The maximum atomic E-state index is 11.9. The molecule has 3 N–H and O–H groups in total. The number of nitrogens with zero attached hydrogens (tertiary/aromatic N) is 2. The maximum Gasteiger partial charge on any atom is 0.413 e. The van der Waals surface area contributed by atoms with Crippen LogP contribution in [-0.2, 0) is 18.3 Å². The fraction of sp³-hybridized carbons (Fsp3) is 0.714. The van der Waals surface area contributed by atoms with Crippen LogP contribution >= 0.6 is 0 Å². The molecule has 0 spiro atoms. The van der Waals surface area contributed by atoms with Crippen LogP contribution in [0.4, 0.5) is 10.6 Å². The second-order valence-corrected chi connectivity index (χ2v) is 6.34. The Morgan fingerprint density at radius 1 is 1.57 bits per heavy atom. The number of hydrogen-bond acceptors (Lipinski definition) is 5. The van der Waals surface area contributed by atoms with Gasteiger partial charge in [-0.2, -0.15) is 5.10 Å². The van der Waals surface area contributed by atoms with E-state index in [0.29, 0.717) is 18.4 Å². The van der Waals surface area contributed by atoms with E-state index in [1.54, 1.807) is 17.9 Å². The zero-order valence-electron chi connectivity index (χ0n) is 13.2. The van der Waals surface area contributed by atoms with Crippen molar-refractivity contribution < 1.29 is 9.53 Å². The molecule has 1 unspecified atom stereocenters. The molecule has 0 aromatic carbocycles. The first-order valence-corrected chi connectivity index (χ1v) is 7.30. The van der Waals surface area contributed by atoms with E-state index in [-0.39, 0.29) is 0 Å². The van der Waals surface area contributed by atoms with Crippen LogP contribution < -0.4 is 16.0 Å². The van der Waals surface area contributed by atoms with Gasteiger partial charge in [-0.3, -0.25) is 10.00 Å². The molecule has 7 nitrogen and oxygen atoms in total. The Kier molecular flexibility index (Phi) is 4.84. The van der Waals surface area contributed by atoms with Gasteiger partial charge < -0.3 is 15.4 Å². The van der Waals surface area contributed by atoms with Gasteiger partial charge in [0.25, 0.3) is 0 Å². The van der Waals surface area contributed by atoms with Gasteiger partial charge >= 0.3 is 6.09 Å². The van der Waals surface area contributed by atoms with Crippen LogP contribution in [0.2, 0.25) is 0 Å². The number of amides is 1. The lowest BCUT2D eigenvalue weighted by Crippen LogP contribution is -2.31. The minimum Gasteiger partial charge on any atom is -0.444 e. The standard InChI is InChI=1S/C14H25N5O2/c1-14(2,3)21-13(20)18-12-10(8-17-19(12)4)7-16-11-5-6-15-9-11/h8,11,15-16H,5-7,9H2,1-4H3,(H,18,20). The zero-order valence-corrected chi connectivity index (χ0v) is 13.2. The van der Waals surface area contributed by atoms with E-state index >= 15 is 0 Å². The number of aromatic nitrogens is 2. The zero-order chi connectivity index (χ0) is 15.5. The molecule has 7 heteroatoms. The Morgan fingerprint density at radius 3 is 2.95 bits per heavy atom. The van der Waals surface area contributed by atoms with Crippen molar-refractivity contribution in [1.29, 1.82) is 0 Å². The SMILES string of the molecule is Cn1ncc(CNC2CCNC2)c1NC(=O)OC(C)(C)C. The second-order valence-electron chi connectivity index (χ2n) is 6.34. The molecule has 2 rings (SSSR count). The van der Waals surface area contributed by atoms with Crippen LogP contribution in [0.25, 0.3) is 0 Å². The van der Waals surface area contributed by atoms with Gasteiger partial charge in [0, 0.05) is 31.7 Å². The van der Waals surface area contributed by atoms with Crippen LogP contribution in [0.1, 0.15) is 32.8 Å². The molecule has 2 heterocycles. The van der Waals surface area contributed by atoms with E-state index in [2.05, 4.69) is 21.0 Å². The van der Waals surface area contributed by atoms with Crippen LogP contribution in [-0.4, -0.2) is 40.6 Å². The molecule has 21 heavy (non-hydrogen) atoms. The molecule has 0 radical (unpaired) electrons. The van der Waals surface area contributed by atoms with Crippen molar-refractivity contribution in [2.75, 3.05) is 18.4 Å². The Balaban J connectivity index is 1.95. The first kappa shape index (κ1) is 15.8. The molecule has 1 aliphatic heterocycles. The highest BCUT2D eigenvalue weighted by Gasteiger charge is 2.20. The molecule has 1 saturated heterocycles. The summed E-state index contributed by atoms with van der Waals surface area (Å²) in [4.78, 5) is 11.9. The lowest BCUT2D eigenvalue weighted by atomic mass is 10.2. The van der Waals surface area contributed by atoms with Gasteiger partial charge in [0.05, 0.1) is 6.20 Å². The molecule has 118 valence electrons. The molecule has 1 amide bonds. The summed E-state index contributed by atoms with van der Waals surface area (Å²) in [6.07, 6.45) is 2.42. The number of carbonyl (C=O) groups excluding carboxylic acids is 1. The second kappa shape index (κ2) is 6.44. The first-order valence-electron chi connectivity index (χ1n) is 7.30. The van der Waals surface area contributed by atoms with Gasteiger partial charge in [0.1, 0.15) is 11.4 Å². The summed E-state index contributed by atoms with van der Waals surface area (Å²) in [7, 11) is 1.80. The van der Waals surface area contributed by atoms with Crippen LogP contribution in [0.15, 0.2) is 6.20 Å². The Morgan fingerprint density at radius 2 is 2.33 bits per heavy atom. The van der Waals surface area contributed by atoms with Gasteiger partial charge in [-0.25, -0.2) is 4.79 Å². The molecule has 1 aliphatic rings. The summed E-state index contributed by atoms with van der Waals surface area (Å²) in [5.74, 6) is 0.669. The lowest BCUT2D eigenvalue weighted by Gasteiger charge is -2.20. The van der Waals surface area contributed by atoms with Crippen molar-refractivity contribution in [3.05, 3.63) is 11.8 Å². The summed E-state index contributed by atoms with van der Waals surface area (Å²) in [5, 5.41) is 13.8. The summed E-state index contributed by atoms with van der Waals surface area (Å²) in [5.41, 5.74) is 0.437. The largest absolute Gasteiger partial charge is 0.444 e. The highest BCUT2D eigenvalue weighted by atomic mass is 16.6. The van der Waals surface area contributed by atoms with Crippen molar-refractivity contribution in [3.63, 3.8) is 0 Å². The predicted octanol–water partition coefficient (Wildman–Crippen LogP) is 1.22. The monoisotopic (exact) mass is 295 g/mol. The van der Waals surface area contributed by atoms with Gasteiger partial charge in [0.2, 0.25) is 0 Å². The van der Waals surface area contributed by atoms with Crippen LogP contribution in [0.3, 0.4) is 0 Å². The number of hydrogen-bond donors (Lipinski definition) is 3. The Bertz CT molecular complexity index is 486. The van der Waals surface area contributed by atoms with Gasteiger partial charge in [-0.05, 0) is 33.7 Å². The lowest BCUT2D eigenvalue weighted by molar-refractivity contribution is 0.0634. The van der Waals surface area contributed by atoms with E-state index < -0.39 is 11.7 Å². The third-order valence-electron chi connectivity index (χ3n) is 3.28. The van der Waals surface area contributed by atoms with Gasteiger partial charge in [-0.15, -0.1) is 0 Å². The van der Waals surface area contributed by atoms with Gasteiger partial charge in [-0.1, -0.05) is 0 Å². The average Bonchev–Trinajstić information content (AvgIpc) is 2.97. The van der Waals surface area contributed by atoms with Crippen LogP contribution in [0.5, 0.6) is 0 Å². The third kappa shape index (κ3) is 4.71. The molecular weight excluding hydrogens is 270 g/mol. The molecule has 0 aliphatic carbocycles. The molecule has 1 aromatic heterocycles. The molecular formula is C14H25N5O2. The fourth-order valence-corrected chi connectivity index (χ4v) is 2.26. The minimum atomic E-state index is -0.517. The smallest absolute Gasteiger partial charge is 0.413 e. The topological polar surface area (TPSA) is 80.2 Å². The summed E-state index contributed by atoms with van der Waals surface area (Å²) in [6.45, 7) is 8.22. The molecule has 1 atom stereocenters. The van der Waals surface area contributed by atoms with E-state index in [0.717, 1.165) is 25.1 Å². The summed E-state index contributed by atoms with van der Waals surface area (Å²) >= 11 is 0. The van der Waals surface area contributed by atoms with Crippen molar-refractivity contribution >= 4 is 11.9 Å². The quantitative estimate of drug-likeness (QED) is 0.778.